The number of amides is 1. The van der Waals surface area contributed by atoms with E-state index in [0.29, 0.717) is 28.8 Å². The van der Waals surface area contributed by atoms with E-state index in [4.69, 9.17) is 4.74 Å². The van der Waals surface area contributed by atoms with Crippen molar-refractivity contribution in [2.45, 2.75) is 32.0 Å². The molecule has 2 aliphatic rings. The first-order chi connectivity index (χ1) is 12.1. The average molecular weight is 355 g/mol. The van der Waals surface area contributed by atoms with Gasteiger partial charge in [-0.15, -0.1) is 11.3 Å². The third-order valence-electron chi connectivity index (χ3n) is 4.90. The van der Waals surface area contributed by atoms with Gasteiger partial charge in [-0.2, -0.15) is 0 Å². The number of Topliss-reactive ketones (excluding diaryl/α,β-unsaturated/α-hetero) is 1. The van der Waals surface area contributed by atoms with E-state index < -0.39 is 0 Å². The Bertz CT molecular complexity index is 781. The van der Waals surface area contributed by atoms with Crippen LogP contribution in [-0.2, 0) is 4.74 Å². The predicted molar refractivity (Wildman–Crippen MR) is 97.0 cm³/mol. The number of carbonyl (C=O) groups excluding carboxylic acids is 2. The van der Waals surface area contributed by atoms with Gasteiger partial charge in [0.2, 0.25) is 0 Å². The fraction of sp³-hybridized carbons (Fsp3) is 0.400. The van der Waals surface area contributed by atoms with Crippen LogP contribution in [0.4, 0.5) is 0 Å². The fourth-order valence-corrected chi connectivity index (χ4v) is 4.20. The number of ether oxygens (including phenoxy) is 1. The molecule has 1 amide bonds. The SMILES string of the molecule is CC(=O)c1ccc(C(=O)N2C[C@@H](c3ccccc3)O[C@@H](C3CC3)C2)s1. The lowest BCUT2D eigenvalue weighted by Gasteiger charge is -2.38. The molecule has 4 nitrogen and oxygen atoms in total. The van der Waals surface area contributed by atoms with Crippen molar-refractivity contribution in [3.8, 4) is 0 Å². The molecule has 1 aromatic heterocycles. The number of hydrogen-bond acceptors (Lipinski definition) is 4. The Hall–Kier alpha value is -1.98. The first kappa shape index (κ1) is 16.5. The van der Waals surface area contributed by atoms with Gasteiger partial charge in [0.1, 0.15) is 6.10 Å². The van der Waals surface area contributed by atoms with Gasteiger partial charge >= 0.3 is 0 Å². The van der Waals surface area contributed by atoms with Gasteiger partial charge in [0.05, 0.1) is 22.4 Å². The minimum absolute atomic E-state index is 0.00375. The highest BCUT2D eigenvalue weighted by molar-refractivity contribution is 7.15. The molecule has 2 fully saturated rings. The number of benzene rings is 1. The number of nitrogens with zero attached hydrogens (tertiary/aromatic N) is 1. The van der Waals surface area contributed by atoms with Crippen LogP contribution in [0.5, 0.6) is 0 Å². The number of carbonyl (C=O) groups is 2. The predicted octanol–water partition coefficient (Wildman–Crippen LogP) is 3.94. The van der Waals surface area contributed by atoms with Crippen LogP contribution >= 0.6 is 11.3 Å². The highest BCUT2D eigenvalue weighted by atomic mass is 32.1. The van der Waals surface area contributed by atoms with E-state index in [-0.39, 0.29) is 23.9 Å². The summed E-state index contributed by atoms with van der Waals surface area (Å²) in [5.41, 5.74) is 1.11. The first-order valence-electron chi connectivity index (χ1n) is 8.72. The number of ketones is 1. The molecule has 4 rings (SSSR count). The van der Waals surface area contributed by atoms with Gasteiger partial charge < -0.3 is 9.64 Å². The maximum Gasteiger partial charge on any atom is 0.264 e. The minimum Gasteiger partial charge on any atom is -0.366 e. The quantitative estimate of drug-likeness (QED) is 0.781. The highest BCUT2D eigenvalue weighted by Crippen LogP contribution is 2.39. The van der Waals surface area contributed by atoms with Crippen LogP contribution in [0.3, 0.4) is 0 Å². The van der Waals surface area contributed by atoms with Gasteiger partial charge in [0.25, 0.3) is 5.91 Å². The van der Waals surface area contributed by atoms with E-state index in [9.17, 15) is 9.59 Å². The summed E-state index contributed by atoms with van der Waals surface area (Å²) in [6, 6.07) is 13.6. The molecule has 5 heteroatoms. The zero-order valence-electron chi connectivity index (χ0n) is 14.2. The zero-order chi connectivity index (χ0) is 17.4. The molecule has 1 aromatic carbocycles. The van der Waals surface area contributed by atoms with E-state index >= 15 is 0 Å². The number of morpholine rings is 1. The third kappa shape index (κ3) is 3.53. The third-order valence-corrected chi connectivity index (χ3v) is 6.07. The maximum atomic E-state index is 13.0. The molecule has 130 valence electrons. The molecular formula is C20H21NO3S. The van der Waals surface area contributed by atoms with E-state index in [2.05, 4.69) is 12.1 Å². The molecule has 1 saturated heterocycles. The molecular weight excluding hydrogens is 334 g/mol. The smallest absolute Gasteiger partial charge is 0.264 e. The minimum atomic E-state index is -0.0864. The standard InChI is InChI=1S/C20H21NO3S/c1-13(22)18-9-10-19(25-18)20(23)21-11-16(14-5-3-2-4-6-14)24-17(12-21)15-7-8-15/h2-6,9-10,15-17H,7-8,11-12H2,1H3/t16-,17+/m0/s1. The molecule has 1 saturated carbocycles. The summed E-state index contributed by atoms with van der Waals surface area (Å²) in [6.45, 7) is 2.73. The molecule has 0 bridgehead atoms. The lowest BCUT2D eigenvalue weighted by atomic mass is 10.0. The van der Waals surface area contributed by atoms with Crippen LogP contribution in [-0.4, -0.2) is 35.8 Å². The summed E-state index contributed by atoms with van der Waals surface area (Å²) < 4.78 is 6.31. The van der Waals surface area contributed by atoms with Gasteiger partial charge in [-0.05, 0) is 43.4 Å². The van der Waals surface area contributed by atoms with Crippen molar-refractivity contribution in [2.75, 3.05) is 13.1 Å². The molecule has 25 heavy (non-hydrogen) atoms. The highest BCUT2D eigenvalue weighted by Gasteiger charge is 2.40. The van der Waals surface area contributed by atoms with Crippen molar-refractivity contribution in [2.24, 2.45) is 5.92 Å². The molecule has 2 atom stereocenters. The normalized spacial score (nSPS) is 23.5. The fourth-order valence-electron chi connectivity index (χ4n) is 3.33. The molecule has 2 heterocycles. The Morgan fingerprint density at radius 2 is 1.76 bits per heavy atom. The maximum absolute atomic E-state index is 13.0. The molecule has 2 aromatic rings. The van der Waals surface area contributed by atoms with Crippen molar-refractivity contribution in [1.82, 2.24) is 4.90 Å². The zero-order valence-corrected chi connectivity index (χ0v) is 15.0. The van der Waals surface area contributed by atoms with E-state index in [1.54, 1.807) is 12.1 Å². The topological polar surface area (TPSA) is 46.6 Å². The molecule has 1 aliphatic heterocycles. The molecule has 1 aliphatic carbocycles. The second-order valence-corrected chi connectivity index (χ2v) is 7.93. The monoisotopic (exact) mass is 355 g/mol. The Morgan fingerprint density at radius 3 is 2.40 bits per heavy atom. The Kier molecular flexibility index (Phi) is 4.44. The van der Waals surface area contributed by atoms with Crippen molar-refractivity contribution in [3.05, 3.63) is 57.8 Å². The largest absolute Gasteiger partial charge is 0.366 e. The van der Waals surface area contributed by atoms with Gasteiger partial charge in [-0.1, -0.05) is 30.3 Å². The lowest BCUT2D eigenvalue weighted by molar-refractivity contribution is -0.0863. The summed E-state index contributed by atoms with van der Waals surface area (Å²) in [5.74, 6) is 0.578. The van der Waals surface area contributed by atoms with Crippen LogP contribution in [0.1, 0.15) is 50.8 Å². The van der Waals surface area contributed by atoms with Crippen LogP contribution < -0.4 is 0 Å². The number of hydrogen-bond donors (Lipinski definition) is 0. The van der Waals surface area contributed by atoms with Crippen molar-refractivity contribution < 1.29 is 14.3 Å². The lowest BCUT2D eigenvalue weighted by Crippen LogP contribution is -2.47. The summed E-state index contributed by atoms with van der Waals surface area (Å²) >= 11 is 1.28. The van der Waals surface area contributed by atoms with Gasteiger partial charge in [0, 0.05) is 6.54 Å². The van der Waals surface area contributed by atoms with Crippen LogP contribution in [0.2, 0.25) is 0 Å². The second-order valence-electron chi connectivity index (χ2n) is 6.84. The van der Waals surface area contributed by atoms with Crippen molar-refractivity contribution in [3.63, 3.8) is 0 Å². The second kappa shape index (κ2) is 6.73. The summed E-state index contributed by atoms with van der Waals surface area (Å²) in [7, 11) is 0. The average Bonchev–Trinajstić information content (AvgIpc) is 3.37. The number of thiophene rings is 1. The summed E-state index contributed by atoms with van der Waals surface area (Å²) in [6.07, 6.45) is 2.38. The van der Waals surface area contributed by atoms with Gasteiger partial charge in [0.15, 0.2) is 5.78 Å². The Labute approximate surface area is 151 Å². The van der Waals surface area contributed by atoms with Gasteiger partial charge in [-0.25, -0.2) is 0 Å². The van der Waals surface area contributed by atoms with Crippen LogP contribution in [0.25, 0.3) is 0 Å². The van der Waals surface area contributed by atoms with Crippen LogP contribution in [0.15, 0.2) is 42.5 Å². The van der Waals surface area contributed by atoms with Gasteiger partial charge in [-0.3, -0.25) is 9.59 Å². The van der Waals surface area contributed by atoms with Crippen LogP contribution in [0, 0.1) is 5.92 Å². The summed E-state index contributed by atoms with van der Waals surface area (Å²) in [5, 5.41) is 0. The van der Waals surface area contributed by atoms with E-state index in [0.717, 1.165) is 5.56 Å². The van der Waals surface area contributed by atoms with E-state index in [1.165, 1.54) is 31.1 Å². The Morgan fingerprint density at radius 1 is 1.04 bits per heavy atom. The van der Waals surface area contributed by atoms with Crippen molar-refractivity contribution in [1.29, 1.82) is 0 Å². The summed E-state index contributed by atoms with van der Waals surface area (Å²) in [4.78, 5) is 27.7. The number of rotatable bonds is 4. The van der Waals surface area contributed by atoms with Crippen molar-refractivity contribution >= 4 is 23.0 Å². The first-order valence-corrected chi connectivity index (χ1v) is 9.54. The molecule has 0 radical (unpaired) electrons. The molecule has 0 spiro atoms. The molecule has 0 N–H and O–H groups in total. The Balaban J connectivity index is 1.56. The van der Waals surface area contributed by atoms with E-state index in [1.807, 2.05) is 23.1 Å². The molecule has 0 unspecified atom stereocenters.